The Morgan fingerprint density at radius 2 is 2.10 bits per heavy atom. The minimum atomic E-state index is -0.541. The summed E-state index contributed by atoms with van der Waals surface area (Å²) < 4.78 is 18.2. The molecule has 0 aliphatic carbocycles. The lowest BCUT2D eigenvalue weighted by atomic mass is 9.88. The van der Waals surface area contributed by atoms with E-state index in [2.05, 4.69) is 9.88 Å². The molecule has 0 N–H and O–H groups in total. The maximum atomic E-state index is 13.1. The fourth-order valence-electron chi connectivity index (χ4n) is 2.94. The van der Waals surface area contributed by atoms with Crippen molar-refractivity contribution in [3.05, 3.63) is 29.8 Å². The lowest BCUT2D eigenvalue weighted by molar-refractivity contribution is -0.147. The molecule has 21 heavy (non-hydrogen) atoms. The predicted molar refractivity (Wildman–Crippen MR) is 78.2 cm³/mol. The highest BCUT2D eigenvalue weighted by Crippen LogP contribution is 2.33. The smallest absolute Gasteiger partial charge is 0.308 e. The zero-order valence-electron chi connectivity index (χ0n) is 12.8. The van der Waals surface area contributed by atoms with Crippen molar-refractivity contribution < 1.29 is 13.9 Å². The predicted octanol–water partition coefficient (Wildman–Crippen LogP) is 2.88. The third kappa shape index (κ3) is 3.79. The quantitative estimate of drug-likeness (QED) is 0.783. The highest BCUT2D eigenvalue weighted by Gasteiger charge is 2.38. The van der Waals surface area contributed by atoms with Gasteiger partial charge < -0.3 is 4.74 Å². The van der Waals surface area contributed by atoms with E-state index < -0.39 is 5.54 Å². The first kappa shape index (κ1) is 15.9. The van der Waals surface area contributed by atoms with Gasteiger partial charge in [-0.2, -0.15) is 0 Å². The Labute approximate surface area is 125 Å². The Bertz CT molecular complexity index is 472. The summed E-state index contributed by atoms with van der Waals surface area (Å²) in [4.78, 5) is 18.5. The number of carbonyl (C=O) groups is 1. The zero-order chi connectivity index (χ0) is 15.3. The second-order valence-corrected chi connectivity index (χ2v) is 5.67. The van der Waals surface area contributed by atoms with Gasteiger partial charge in [-0.25, -0.2) is 4.39 Å². The summed E-state index contributed by atoms with van der Waals surface area (Å²) in [6.07, 6.45) is 4.88. The molecule has 116 valence electrons. The van der Waals surface area contributed by atoms with Gasteiger partial charge in [-0.1, -0.05) is 6.42 Å². The molecule has 1 unspecified atom stereocenters. The van der Waals surface area contributed by atoms with Gasteiger partial charge in [0, 0.05) is 0 Å². The molecule has 1 atom stereocenters. The molecule has 1 aliphatic heterocycles. The van der Waals surface area contributed by atoms with Crippen LogP contribution in [0.1, 0.15) is 45.2 Å². The van der Waals surface area contributed by atoms with E-state index in [0.717, 1.165) is 31.6 Å². The van der Waals surface area contributed by atoms with Crippen LogP contribution in [-0.2, 0) is 15.1 Å². The molecule has 0 bridgehead atoms. The van der Waals surface area contributed by atoms with Crippen molar-refractivity contribution in [2.45, 2.75) is 45.1 Å². The number of hydrogen-bond donors (Lipinski definition) is 0. The number of ether oxygens (including phenoxy) is 1. The molecule has 0 amide bonds. The van der Waals surface area contributed by atoms with Crippen molar-refractivity contribution in [1.29, 1.82) is 0 Å². The summed E-state index contributed by atoms with van der Waals surface area (Å²) in [7, 11) is 0. The van der Waals surface area contributed by atoms with Crippen LogP contribution in [-0.4, -0.2) is 35.5 Å². The number of piperidine rings is 1. The zero-order valence-corrected chi connectivity index (χ0v) is 12.8. The lowest BCUT2D eigenvalue weighted by Gasteiger charge is -2.42. The summed E-state index contributed by atoms with van der Waals surface area (Å²) >= 11 is 0. The highest BCUT2D eigenvalue weighted by atomic mass is 19.1. The standard InChI is InChI=1S/C16H23FN2O2/c1-3-21-15(20)11-16(2,19-9-5-4-6-10-19)14-8-7-13(17)12-18-14/h7-8,12H,3-6,9-11H2,1-2H3. The van der Waals surface area contributed by atoms with Crippen molar-refractivity contribution in [2.75, 3.05) is 19.7 Å². The normalized spacial score (nSPS) is 19.0. The summed E-state index contributed by atoms with van der Waals surface area (Å²) in [5.74, 6) is -0.604. The van der Waals surface area contributed by atoms with Crippen LogP contribution < -0.4 is 0 Å². The van der Waals surface area contributed by atoms with Gasteiger partial charge in [0.05, 0.1) is 30.5 Å². The average Bonchev–Trinajstić information content (AvgIpc) is 2.49. The number of aromatic nitrogens is 1. The number of nitrogens with zero attached hydrogens (tertiary/aromatic N) is 2. The van der Waals surface area contributed by atoms with Crippen molar-refractivity contribution in [3.8, 4) is 0 Å². The SMILES string of the molecule is CCOC(=O)CC(C)(c1ccc(F)cn1)N1CCCCC1. The van der Waals surface area contributed by atoms with E-state index in [1.807, 2.05) is 6.92 Å². The summed E-state index contributed by atoms with van der Waals surface area (Å²) in [5, 5.41) is 0. The van der Waals surface area contributed by atoms with Crippen LogP contribution in [0.4, 0.5) is 4.39 Å². The second-order valence-electron chi connectivity index (χ2n) is 5.67. The number of halogens is 1. The Morgan fingerprint density at radius 3 is 2.67 bits per heavy atom. The van der Waals surface area contributed by atoms with Gasteiger partial charge in [-0.15, -0.1) is 0 Å². The Balaban J connectivity index is 2.27. The second kappa shape index (κ2) is 6.98. The van der Waals surface area contributed by atoms with Gasteiger partial charge in [0.15, 0.2) is 0 Å². The first-order chi connectivity index (χ1) is 10.1. The molecule has 1 aromatic rings. The molecule has 1 aliphatic rings. The van der Waals surface area contributed by atoms with Gasteiger partial charge in [-0.3, -0.25) is 14.7 Å². The Kier molecular flexibility index (Phi) is 5.28. The molecule has 0 saturated carbocycles. The van der Waals surface area contributed by atoms with E-state index in [1.165, 1.54) is 18.7 Å². The van der Waals surface area contributed by atoms with Gasteiger partial charge in [-0.05, 0) is 51.9 Å². The fraction of sp³-hybridized carbons (Fsp3) is 0.625. The monoisotopic (exact) mass is 294 g/mol. The summed E-state index contributed by atoms with van der Waals surface area (Å²) in [5.41, 5.74) is 0.180. The summed E-state index contributed by atoms with van der Waals surface area (Å²) in [6, 6.07) is 3.07. The fourth-order valence-corrected chi connectivity index (χ4v) is 2.94. The number of carbonyl (C=O) groups excluding carboxylic acids is 1. The number of rotatable bonds is 5. The third-order valence-electron chi connectivity index (χ3n) is 4.13. The first-order valence-corrected chi connectivity index (χ1v) is 7.59. The molecule has 1 saturated heterocycles. The van der Waals surface area contributed by atoms with Gasteiger partial charge in [0.25, 0.3) is 0 Å². The van der Waals surface area contributed by atoms with Crippen LogP contribution in [0.5, 0.6) is 0 Å². The molecule has 0 aromatic carbocycles. The largest absolute Gasteiger partial charge is 0.466 e. The minimum absolute atomic E-state index is 0.236. The molecule has 5 heteroatoms. The molecule has 2 rings (SSSR count). The average molecular weight is 294 g/mol. The molecular formula is C16H23FN2O2. The van der Waals surface area contributed by atoms with E-state index in [4.69, 9.17) is 4.74 Å². The van der Waals surface area contributed by atoms with Gasteiger partial charge >= 0.3 is 5.97 Å². The minimum Gasteiger partial charge on any atom is -0.466 e. The van der Waals surface area contributed by atoms with E-state index in [0.29, 0.717) is 6.61 Å². The number of likely N-dealkylation sites (tertiary alicyclic amines) is 1. The number of hydrogen-bond acceptors (Lipinski definition) is 4. The van der Waals surface area contributed by atoms with Crippen LogP contribution in [0, 0.1) is 5.82 Å². The summed E-state index contributed by atoms with van der Waals surface area (Å²) in [6.45, 7) is 6.01. The van der Waals surface area contributed by atoms with Crippen LogP contribution in [0.2, 0.25) is 0 Å². The molecular weight excluding hydrogens is 271 g/mol. The molecule has 1 aromatic heterocycles. The van der Waals surface area contributed by atoms with Crippen molar-refractivity contribution in [2.24, 2.45) is 0 Å². The van der Waals surface area contributed by atoms with E-state index >= 15 is 0 Å². The maximum absolute atomic E-state index is 13.1. The van der Waals surface area contributed by atoms with E-state index in [1.54, 1.807) is 13.0 Å². The molecule has 1 fully saturated rings. The van der Waals surface area contributed by atoms with Crippen molar-refractivity contribution in [1.82, 2.24) is 9.88 Å². The molecule has 2 heterocycles. The van der Waals surface area contributed by atoms with Crippen LogP contribution >= 0.6 is 0 Å². The third-order valence-corrected chi connectivity index (χ3v) is 4.13. The Morgan fingerprint density at radius 1 is 1.38 bits per heavy atom. The van der Waals surface area contributed by atoms with Crippen LogP contribution in [0.3, 0.4) is 0 Å². The molecule has 0 spiro atoms. The van der Waals surface area contributed by atoms with Crippen LogP contribution in [0.15, 0.2) is 18.3 Å². The van der Waals surface area contributed by atoms with Crippen LogP contribution in [0.25, 0.3) is 0 Å². The van der Waals surface area contributed by atoms with E-state index in [9.17, 15) is 9.18 Å². The topological polar surface area (TPSA) is 42.4 Å². The lowest BCUT2D eigenvalue weighted by Crippen LogP contribution is -2.48. The van der Waals surface area contributed by atoms with Crippen molar-refractivity contribution >= 4 is 5.97 Å². The van der Waals surface area contributed by atoms with E-state index in [-0.39, 0.29) is 18.2 Å². The first-order valence-electron chi connectivity index (χ1n) is 7.59. The number of pyridine rings is 1. The number of esters is 1. The van der Waals surface area contributed by atoms with Gasteiger partial charge in [0.2, 0.25) is 0 Å². The van der Waals surface area contributed by atoms with Crippen molar-refractivity contribution in [3.63, 3.8) is 0 Å². The molecule has 0 radical (unpaired) electrons. The van der Waals surface area contributed by atoms with Gasteiger partial charge in [0.1, 0.15) is 5.82 Å². The Hall–Kier alpha value is -1.49. The highest BCUT2D eigenvalue weighted by molar-refractivity contribution is 5.71. The maximum Gasteiger partial charge on any atom is 0.308 e. The molecule has 4 nitrogen and oxygen atoms in total.